The minimum absolute atomic E-state index is 0.0671. The third-order valence-corrected chi connectivity index (χ3v) is 7.69. The van der Waals surface area contributed by atoms with E-state index in [-0.39, 0.29) is 17.7 Å². The lowest BCUT2D eigenvalue weighted by atomic mass is 10.0. The second kappa shape index (κ2) is 9.79. The van der Waals surface area contributed by atoms with Gasteiger partial charge in [0.1, 0.15) is 5.01 Å². The molecule has 1 unspecified atom stereocenters. The molecule has 3 aromatic carbocycles. The highest BCUT2D eigenvalue weighted by atomic mass is 32.1. The first kappa shape index (κ1) is 23.9. The monoisotopic (exact) mass is 519 g/mol. The highest BCUT2D eigenvalue weighted by Crippen LogP contribution is 2.35. The van der Waals surface area contributed by atoms with E-state index in [4.69, 9.17) is 4.98 Å². The van der Waals surface area contributed by atoms with Crippen molar-refractivity contribution in [2.75, 3.05) is 16.8 Å². The Morgan fingerprint density at radius 3 is 2.47 bits per heavy atom. The number of fused-ring (bicyclic) bond motifs is 1. The number of nitrogens with zero attached hydrogens (tertiary/aromatic N) is 4. The number of amides is 2. The zero-order valence-electron chi connectivity index (χ0n) is 21.0. The van der Waals surface area contributed by atoms with Crippen molar-refractivity contribution in [1.29, 1.82) is 0 Å². The fraction of sp³-hybridized carbons (Fsp3) is 0.167. The lowest BCUT2D eigenvalue weighted by Crippen LogP contribution is -2.24. The molecular formula is C30H25N5O2S. The number of pyridine rings is 1. The summed E-state index contributed by atoms with van der Waals surface area (Å²) in [6.45, 7) is 4.60. The van der Waals surface area contributed by atoms with Crippen LogP contribution < -0.4 is 10.2 Å². The molecule has 0 radical (unpaired) electrons. The average Bonchev–Trinajstić information content (AvgIpc) is 3.54. The van der Waals surface area contributed by atoms with E-state index in [1.54, 1.807) is 0 Å². The van der Waals surface area contributed by atoms with Gasteiger partial charge < -0.3 is 4.90 Å². The van der Waals surface area contributed by atoms with E-state index in [1.165, 1.54) is 11.3 Å². The predicted molar refractivity (Wildman–Crippen MR) is 151 cm³/mol. The van der Waals surface area contributed by atoms with Gasteiger partial charge in [-0.25, -0.2) is 4.98 Å². The Bertz CT molecular complexity index is 1660. The maximum atomic E-state index is 13.4. The fourth-order valence-corrected chi connectivity index (χ4v) is 5.79. The van der Waals surface area contributed by atoms with Gasteiger partial charge in [-0.05, 0) is 49.2 Å². The molecular weight excluding hydrogens is 494 g/mol. The molecule has 0 aliphatic carbocycles. The second-order valence-electron chi connectivity index (χ2n) is 9.59. The minimum Gasteiger partial charge on any atom is -0.312 e. The summed E-state index contributed by atoms with van der Waals surface area (Å²) in [5, 5.41) is 13.4. The first-order valence-corrected chi connectivity index (χ1v) is 13.2. The molecule has 1 fully saturated rings. The maximum Gasteiger partial charge on any atom is 0.258 e. The van der Waals surface area contributed by atoms with E-state index < -0.39 is 0 Å². The molecule has 2 aromatic heterocycles. The second-order valence-corrected chi connectivity index (χ2v) is 10.6. The van der Waals surface area contributed by atoms with Gasteiger partial charge in [0.2, 0.25) is 11.0 Å². The third-order valence-electron chi connectivity index (χ3n) is 6.68. The van der Waals surface area contributed by atoms with Crippen LogP contribution in [-0.2, 0) is 4.79 Å². The van der Waals surface area contributed by atoms with Gasteiger partial charge in [-0.15, -0.1) is 10.2 Å². The Kier molecular flexibility index (Phi) is 6.17. The highest BCUT2D eigenvalue weighted by Gasteiger charge is 2.34. The molecule has 0 spiro atoms. The predicted octanol–water partition coefficient (Wildman–Crippen LogP) is 6.14. The molecule has 1 N–H and O–H groups in total. The van der Waals surface area contributed by atoms with E-state index in [0.29, 0.717) is 23.7 Å². The molecule has 7 nitrogen and oxygen atoms in total. The van der Waals surface area contributed by atoms with E-state index in [2.05, 4.69) is 21.6 Å². The summed E-state index contributed by atoms with van der Waals surface area (Å²) in [6.07, 6.45) is 0.366. The number of para-hydroxylation sites is 1. The van der Waals surface area contributed by atoms with Crippen molar-refractivity contribution in [1.82, 2.24) is 15.2 Å². The summed E-state index contributed by atoms with van der Waals surface area (Å²) in [5.41, 5.74) is 6.07. The Morgan fingerprint density at radius 2 is 1.68 bits per heavy atom. The summed E-state index contributed by atoms with van der Waals surface area (Å²) in [4.78, 5) is 32.8. The van der Waals surface area contributed by atoms with Gasteiger partial charge in [0, 0.05) is 35.5 Å². The number of aryl methyl sites for hydroxylation is 2. The third kappa shape index (κ3) is 4.66. The number of hydrogen-bond acceptors (Lipinski definition) is 6. The quantitative estimate of drug-likeness (QED) is 0.301. The van der Waals surface area contributed by atoms with Crippen LogP contribution in [0.15, 0.2) is 78.9 Å². The standard InChI is InChI=1S/C30H25N5O2S/c1-18-12-19(2)14-22(13-18)35-17-21(15-27(35)36)29-33-34-30(38-29)32-28(37)24-16-26(20-8-4-3-5-9-20)31-25-11-7-6-10-23(24)25/h3-14,16,21H,15,17H2,1-2H3,(H,32,34,37). The number of aromatic nitrogens is 3. The van der Waals surface area contributed by atoms with E-state index >= 15 is 0 Å². The smallest absolute Gasteiger partial charge is 0.258 e. The average molecular weight is 520 g/mol. The molecule has 5 aromatic rings. The van der Waals surface area contributed by atoms with Crippen molar-refractivity contribution in [3.63, 3.8) is 0 Å². The molecule has 188 valence electrons. The maximum absolute atomic E-state index is 13.4. The van der Waals surface area contributed by atoms with Crippen molar-refractivity contribution in [3.05, 3.63) is 101 Å². The van der Waals surface area contributed by atoms with E-state index in [0.717, 1.165) is 44.0 Å². The molecule has 0 bridgehead atoms. The molecule has 1 atom stereocenters. The normalized spacial score (nSPS) is 15.3. The van der Waals surface area contributed by atoms with Crippen molar-refractivity contribution in [2.45, 2.75) is 26.2 Å². The number of carbonyl (C=O) groups is 2. The topological polar surface area (TPSA) is 88.1 Å². The summed E-state index contributed by atoms with van der Waals surface area (Å²) in [7, 11) is 0. The minimum atomic E-state index is -0.275. The largest absolute Gasteiger partial charge is 0.312 e. The Labute approximate surface area is 224 Å². The van der Waals surface area contributed by atoms with Gasteiger partial charge in [0.05, 0.1) is 16.8 Å². The molecule has 0 saturated carbocycles. The van der Waals surface area contributed by atoms with Gasteiger partial charge >= 0.3 is 0 Å². The van der Waals surface area contributed by atoms with Crippen LogP contribution in [-0.4, -0.2) is 33.5 Å². The van der Waals surface area contributed by atoms with Crippen molar-refractivity contribution in [2.24, 2.45) is 0 Å². The number of benzene rings is 3. The molecule has 8 heteroatoms. The van der Waals surface area contributed by atoms with Crippen molar-refractivity contribution >= 4 is 44.9 Å². The Hall–Kier alpha value is -4.43. The molecule has 1 saturated heterocycles. The molecule has 6 rings (SSSR count). The molecule has 3 heterocycles. The van der Waals surface area contributed by atoms with Crippen LogP contribution in [0.3, 0.4) is 0 Å². The molecule has 38 heavy (non-hydrogen) atoms. The number of nitrogens with one attached hydrogen (secondary N) is 1. The first-order chi connectivity index (χ1) is 18.4. The fourth-order valence-electron chi connectivity index (χ4n) is 4.96. The van der Waals surface area contributed by atoms with Gasteiger partial charge in [-0.2, -0.15) is 0 Å². The number of rotatable bonds is 5. The van der Waals surface area contributed by atoms with Gasteiger partial charge in [-0.3, -0.25) is 14.9 Å². The van der Waals surface area contributed by atoms with Gasteiger partial charge in [-0.1, -0.05) is 65.9 Å². The number of carbonyl (C=O) groups excluding carboxylic acids is 2. The van der Waals surface area contributed by atoms with Gasteiger partial charge in [0.15, 0.2) is 0 Å². The van der Waals surface area contributed by atoms with Crippen LogP contribution in [0.1, 0.15) is 38.8 Å². The van der Waals surface area contributed by atoms with Crippen molar-refractivity contribution in [3.8, 4) is 11.3 Å². The van der Waals surface area contributed by atoms with Crippen LogP contribution >= 0.6 is 11.3 Å². The first-order valence-electron chi connectivity index (χ1n) is 12.4. The Balaban J connectivity index is 1.24. The van der Waals surface area contributed by atoms with Crippen LogP contribution in [0.2, 0.25) is 0 Å². The summed E-state index contributed by atoms with van der Waals surface area (Å²) >= 11 is 1.32. The molecule has 1 aliphatic rings. The zero-order chi connectivity index (χ0) is 26.2. The van der Waals surface area contributed by atoms with Gasteiger partial charge in [0.25, 0.3) is 5.91 Å². The van der Waals surface area contributed by atoms with E-state index in [1.807, 2.05) is 91.5 Å². The lowest BCUT2D eigenvalue weighted by molar-refractivity contribution is -0.117. The van der Waals surface area contributed by atoms with Crippen LogP contribution in [0, 0.1) is 13.8 Å². The lowest BCUT2D eigenvalue weighted by Gasteiger charge is -2.17. The van der Waals surface area contributed by atoms with Crippen LogP contribution in [0.5, 0.6) is 0 Å². The zero-order valence-corrected chi connectivity index (χ0v) is 21.8. The number of anilines is 2. The SMILES string of the molecule is Cc1cc(C)cc(N2CC(c3nnc(NC(=O)c4cc(-c5ccccc5)nc5ccccc45)s3)CC2=O)c1. The molecule has 2 amide bonds. The summed E-state index contributed by atoms with van der Waals surface area (Å²) in [6, 6.07) is 25.4. The van der Waals surface area contributed by atoms with Crippen LogP contribution in [0.4, 0.5) is 10.8 Å². The molecule has 1 aliphatic heterocycles. The van der Waals surface area contributed by atoms with E-state index in [9.17, 15) is 9.59 Å². The Morgan fingerprint density at radius 1 is 0.947 bits per heavy atom. The van der Waals surface area contributed by atoms with Crippen molar-refractivity contribution < 1.29 is 9.59 Å². The summed E-state index contributed by atoms with van der Waals surface area (Å²) < 4.78 is 0. The number of hydrogen-bond donors (Lipinski definition) is 1. The van der Waals surface area contributed by atoms with Crippen LogP contribution in [0.25, 0.3) is 22.2 Å². The highest BCUT2D eigenvalue weighted by molar-refractivity contribution is 7.15. The summed E-state index contributed by atoms with van der Waals surface area (Å²) in [5.74, 6) is -0.279.